The zero-order valence-corrected chi connectivity index (χ0v) is 23.2. The smallest absolute Gasteiger partial charge is 0.293 e. The Kier molecular flexibility index (Phi) is 9.71. The van der Waals surface area contributed by atoms with Crippen LogP contribution in [0.25, 0.3) is 11.1 Å². The van der Waals surface area contributed by atoms with Crippen LogP contribution in [0.1, 0.15) is 16.8 Å². The lowest BCUT2D eigenvalue weighted by Crippen LogP contribution is -2.30. The van der Waals surface area contributed by atoms with Crippen molar-refractivity contribution in [2.24, 2.45) is 0 Å². The fourth-order valence-electron chi connectivity index (χ4n) is 3.93. The highest BCUT2D eigenvalue weighted by Crippen LogP contribution is 2.30. The Balaban J connectivity index is 1.48. The number of amides is 1. The van der Waals surface area contributed by atoms with Crippen molar-refractivity contribution in [3.8, 4) is 11.1 Å². The van der Waals surface area contributed by atoms with Crippen molar-refractivity contribution >= 4 is 39.1 Å². The number of hydrogen-bond acceptors (Lipinski definition) is 8. The summed E-state index contributed by atoms with van der Waals surface area (Å²) >= 11 is 1.51. The van der Waals surface area contributed by atoms with Crippen molar-refractivity contribution in [3.63, 3.8) is 0 Å². The maximum absolute atomic E-state index is 13.2. The number of aliphatic hydroxyl groups is 1. The van der Waals surface area contributed by atoms with Gasteiger partial charge in [-0.1, -0.05) is 42.5 Å². The summed E-state index contributed by atoms with van der Waals surface area (Å²) in [5.74, 6) is -0.801. The van der Waals surface area contributed by atoms with Crippen LogP contribution < -0.4 is 10.0 Å². The summed E-state index contributed by atoms with van der Waals surface area (Å²) in [6.45, 7) is -0.149. The number of carbonyl (C=O) groups is 1. The van der Waals surface area contributed by atoms with Gasteiger partial charge in [-0.05, 0) is 66.1 Å². The van der Waals surface area contributed by atoms with Crippen molar-refractivity contribution in [1.82, 2.24) is 4.72 Å². The number of nitro groups is 1. The normalized spacial score (nSPS) is 12.0. The Bertz CT molecular complexity index is 1620. The number of benzene rings is 4. The molecule has 4 rings (SSSR count). The molecule has 0 unspecified atom stereocenters. The second kappa shape index (κ2) is 13.4. The molecular weight excluding hydrogens is 569 g/mol. The number of carbonyl (C=O) groups excluding carboxylic acids is 1. The number of anilines is 1. The summed E-state index contributed by atoms with van der Waals surface area (Å²) in [7, 11) is -4.45. The van der Waals surface area contributed by atoms with Gasteiger partial charge in [-0.15, -0.1) is 11.8 Å². The molecular formula is C29H26FN3O6S2. The number of aliphatic hydroxyl groups excluding tert-OH is 1. The number of thioether (sulfide) groups is 1. The second-order valence-corrected chi connectivity index (χ2v) is 11.7. The van der Waals surface area contributed by atoms with E-state index in [0.29, 0.717) is 23.3 Å². The van der Waals surface area contributed by atoms with Crippen LogP contribution in [-0.2, 0) is 10.0 Å². The molecule has 212 valence electrons. The van der Waals surface area contributed by atoms with Gasteiger partial charge in [0.15, 0.2) is 0 Å². The highest BCUT2D eigenvalue weighted by molar-refractivity contribution is 7.99. The molecule has 1 amide bonds. The van der Waals surface area contributed by atoms with E-state index in [1.54, 1.807) is 24.3 Å². The molecule has 0 aliphatic heterocycles. The van der Waals surface area contributed by atoms with Gasteiger partial charge in [0.1, 0.15) is 11.5 Å². The van der Waals surface area contributed by atoms with Crippen LogP contribution in [0.2, 0.25) is 0 Å². The Morgan fingerprint density at radius 1 is 0.951 bits per heavy atom. The third kappa shape index (κ3) is 7.91. The van der Waals surface area contributed by atoms with Gasteiger partial charge in [-0.3, -0.25) is 14.9 Å². The SMILES string of the molecule is O=C(NS(=O)(=O)c1ccc(N[C@H](CCO)CSc2ccccc2)c([N+](=O)[O-])c1)c1ccc(-c2ccc(F)cc2)cc1. The lowest BCUT2D eigenvalue weighted by atomic mass is 10.0. The van der Waals surface area contributed by atoms with Gasteiger partial charge < -0.3 is 10.4 Å². The molecule has 0 fully saturated rings. The molecule has 0 aliphatic rings. The lowest BCUT2D eigenvalue weighted by Gasteiger charge is -2.19. The van der Waals surface area contributed by atoms with E-state index in [-0.39, 0.29) is 29.7 Å². The molecule has 4 aromatic carbocycles. The highest BCUT2D eigenvalue weighted by atomic mass is 32.2. The highest BCUT2D eigenvalue weighted by Gasteiger charge is 2.25. The average molecular weight is 596 g/mol. The van der Waals surface area contributed by atoms with Crippen LogP contribution >= 0.6 is 11.8 Å². The predicted molar refractivity (Wildman–Crippen MR) is 156 cm³/mol. The molecule has 0 bridgehead atoms. The molecule has 0 saturated carbocycles. The molecule has 0 radical (unpaired) electrons. The van der Waals surface area contributed by atoms with Crippen LogP contribution in [0.4, 0.5) is 15.8 Å². The van der Waals surface area contributed by atoms with Crippen molar-refractivity contribution in [1.29, 1.82) is 0 Å². The van der Waals surface area contributed by atoms with Crippen molar-refractivity contribution in [2.45, 2.75) is 22.3 Å². The number of nitro benzene ring substituents is 1. The third-order valence-corrected chi connectivity index (χ3v) is 8.56. The van der Waals surface area contributed by atoms with Crippen molar-refractivity contribution in [2.75, 3.05) is 17.7 Å². The van der Waals surface area contributed by atoms with Crippen LogP contribution in [0.3, 0.4) is 0 Å². The second-order valence-electron chi connectivity index (χ2n) is 8.93. The quantitative estimate of drug-likeness (QED) is 0.111. The van der Waals surface area contributed by atoms with Gasteiger partial charge in [0.2, 0.25) is 0 Å². The Morgan fingerprint density at radius 3 is 2.20 bits per heavy atom. The molecule has 12 heteroatoms. The van der Waals surface area contributed by atoms with Crippen LogP contribution in [0.5, 0.6) is 0 Å². The number of halogens is 1. The van der Waals surface area contributed by atoms with Gasteiger partial charge >= 0.3 is 0 Å². The van der Waals surface area contributed by atoms with E-state index in [9.17, 15) is 32.8 Å². The number of nitrogens with one attached hydrogen (secondary N) is 2. The zero-order valence-electron chi connectivity index (χ0n) is 21.6. The van der Waals surface area contributed by atoms with Crippen molar-refractivity contribution in [3.05, 3.63) is 119 Å². The van der Waals surface area contributed by atoms with Crippen LogP contribution in [0, 0.1) is 15.9 Å². The number of rotatable bonds is 12. The molecule has 1 atom stereocenters. The molecule has 3 N–H and O–H groups in total. The number of nitrogens with zero attached hydrogens (tertiary/aromatic N) is 1. The number of sulfonamides is 1. The summed E-state index contributed by atoms with van der Waals surface area (Å²) in [4.78, 5) is 24.4. The molecule has 0 saturated heterocycles. The molecule has 0 aromatic heterocycles. The largest absolute Gasteiger partial charge is 0.396 e. The fraction of sp³-hybridized carbons (Fsp3) is 0.138. The standard InChI is InChI=1S/C29H26FN3O6S2/c30-23-12-10-21(11-13-23)20-6-8-22(9-7-20)29(35)32-41(38,39)26-14-15-27(28(18-26)33(36)37)31-24(16-17-34)19-40-25-4-2-1-3-5-25/h1-15,18,24,31,34H,16-17,19H2,(H,32,35)/t24-/m1/s1. The van der Waals surface area contributed by atoms with Gasteiger partial charge in [-0.2, -0.15) is 0 Å². The van der Waals surface area contributed by atoms with Gasteiger partial charge in [-0.25, -0.2) is 17.5 Å². The predicted octanol–water partition coefficient (Wildman–Crippen LogP) is 5.47. The minimum absolute atomic E-state index is 0.0509. The summed E-state index contributed by atoms with van der Waals surface area (Å²) in [6, 6.07) is 24.3. The first-order valence-electron chi connectivity index (χ1n) is 12.4. The van der Waals surface area contributed by atoms with E-state index in [1.807, 2.05) is 35.1 Å². The van der Waals surface area contributed by atoms with E-state index in [0.717, 1.165) is 11.0 Å². The third-order valence-electron chi connectivity index (χ3n) is 6.06. The van der Waals surface area contributed by atoms with E-state index in [1.165, 1.54) is 48.2 Å². The fourth-order valence-corrected chi connectivity index (χ4v) is 5.92. The van der Waals surface area contributed by atoms with Crippen LogP contribution in [0.15, 0.2) is 107 Å². The van der Waals surface area contributed by atoms with Crippen molar-refractivity contribution < 1.29 is 27.6 Å². The van der Waals surface area contributed by atoms with Gasteiger partial charge in [0.25, 0.3) is 21.6 Å². The van der Waals surface area contributed by atoms with E-state index in [2.05, 4.69) is 5.32 Å². The minimum atomic E-state index is -4.45. The molecule has 0 aliphatic carbocycles. The zero-order chi connectivity index (χ0) is 29.4. The molecule has 41 heavy (non-hydrogen) atoms. The summed E-state index contributed by atoms with van der Waals surface area (Å²) < 4.78 is 41.0. The molecule has 0 heterocycles. The first-order valence-corrected chi connectivity index (χ1v) is 14.9. The Morgan fingerprint density at radius 2 is 1.59 bits per heavy atom. The Hall–Kier alpha value is -4.26. The van der Waals surface area contributed by atoms with E-state index >= 15 is 0 Å². The van der Waals surface area contributed by atoms with E-state index in [4.69, 9.17) is 0 Å². The number of hydrogen-bond donors (Lipinski definition) is 3. The average Bonchev–Trinajstić information content (AvgIpc) is 2.97. The Labute approximate surface area is 240 Å². The van der Waals surface area contributed by atoms with E-state index < -0.39 is 31.4 Å². The maximum Gasteiger partial charge on any atom is 0.293 e. The maximum atomic E-state index is 13.2. The first kappa shape index (κ1) is 29.7. The molecule has 9 nitrogen and oxygen atoms in total. The van der Waals surface area contributed by atoms with Gasteiger partial charge in [0, 0.05) is 34.9 Å². The molecule has 0 spiro atoms. The van der Waals surface area contributed by atoms with Crippen LogP contribution in [-0.4, -0.2) is 42.8 Å². The molecule has 4 aromatic rings. The monoisotopic (exact) mass is 595 g/mol. The van der Waals surface area contributed by atoms with Gasteiger partial charge in [0.05, 0.1) is 9.82 Å². The minimum Gasteiger partial charge on any atom is -0.396 e. The lowest BCUT2D eigenvalue weighted by molar-refractivity contribution is -0.384. The summed E-state index contributed by atoms with van der Waals surface area (Å²) in [5, 5.41) is 24.4. The summed E-state index contributed by atoms with van der Waals surface area (Å²) in [6.07, 6.45) is 0.313. The summed E-state index contributed by atoms with van der Waals surface area (Å²) in [5.41, 5.74) is 1.06. The topological polar surface area (TPSA) is 139 Å². The first-order chi connectivity index (χ1) is 19.7.